The van der Waals surface area contributed by atoms with E-state index >= 15 is 0 Å². The van der Waals surface area contributed by atoms with E-state index in [1.807, 2.05) is 37.4 Å². The van der Waals surface area contributed by atoms with E-state index in [1.165, 1.54) is 5.54 Å². The zero-order valence-electron chi connectivity index (χ0n) is 26.5. The molecule has 0 spiro atoms. The Hall–Kier alpha value is -2.24. The van der Waals surface area contributed by atoms with Crippen molar-refractivity contribution in [2.45, 2.75) is 111 Å². The van der Waals surface area contributed by atoms with E-state index in [9.17, 15) is 4.79 Å². The van der Waals surface area contributed by atoms with Crippen LogP contribution in [0.3, 0.4) is 0 Å². The standard InChI is InChI=1S/C35H51Cl2N3O2/c1-7-9-21-42-30-18-11-26(12-19-30)22-31(39-34(41)27-14-16-29(17-15-27)35(4,5)6)33-38-32(24-40(33)20-8-2)28(23-36)13-10-25(3)37/h10-13,18-19,23-25,27,29,31H,7-9,14-17,20-22H2,1-6H3,(H,39,41)/b13-10-,28-23-. The van der Waals surface area contributed by atoms with Gasteiger partial charge in [0.25, 0.3) is 0 Å². The number of nitrogens with zero attached hydrogens (tertiary/aromatic N) is 2. The lowest BCUT2D eigenvalue weighted by Gasteiger charge is -2.36. The number of carbonyl (C=O) groups is 1. The van der Waals surface area contributed by atoms with Gasteiger partial charge < -0.3 is 14.6 Å². The van der Waals surface area contributed by atoms with Crippen LogP contribution < -0.4 is 10.1 Å². The maximum absolute atomic E-state index is 13.7. The Morgan fingerprint density at radius 1 is 1.14 bits per heavy atom. The van der Waals surface area contributed by atoms with E-state index in [0.717, 1.165) is 86.5 Å². The molecule has 1 aromatic carbocycles. The highest BCUT2D eigenvalue weighted by Crippen LogP contribution is 2.40. The minimum absolute atomic E-state index is 0.0286. The summed E-state index contributed by atoms with van der Waals surface area (Å²) in [5.41, 5.74) is 4.50. The monoisotopic (exact) mass is 615 g/mol. The number of imidazole rings is 1. The fraction of sp³-hybridized carbons (Fsp3) is 0.600. The summed E-state index contributed by atoms with van der Waals surface area (Å²) >= 11 is 12.4. The zero-order valence-corrected chi connectivity index (χ0v) is 28.0. The maximum atomic E-state index is 13.7. The van der Waals surface area contributed by atoms with E-state index in [4.69, 9.17) is 32.9 Å². The summed E-state index contributed by atoms with van der Waals surface area (Å²) in [6.45, 7) is 14.7. The van der Waals surface area contributed by atoms with Gasteiger partial charge in [-0.2, -0.15) is 0 Å². The second-order valence-electron chi connectivity index (χ2n) is 12.8. The molecule has 42 heavy (non-hydrogen) atoms. The molecule has 2 aromatic rings. The Bertz CT molecular complexity index is 1170. The highest BCUT2D eigenvalue weighted by molar-refractivity contribution is 6.28. The van der Waals surface area contributed by atoms with Crippen LogP contribution in [0.1, 0.15) is 110 Å². The molecule has 1 heterocycles. The third-order valence-electron chi connectivity index (χ3n) is 8.31. The van der Waals surface area contributed by atoms with Gasteiger partial charge in [-0.25, -0.2) is 4.98 Å². The van der Waals surface area contributed by atoms with Crippen LogP contribution >= 0.6 is 23.2 Å². The SMILES string of the molecule is CCCCOc1ccc(CC(NC(=O)C2CCC(C(C)(C)C)CC2)c2nc(C(/C=C\C(C)Cl)=C\Cl)cn2CCC)cc1. The Morgan fingerprint density at radius 2 is 1.83 bits per heavy atom. The predicted molar refractivity (Wildman–Crippen MR) is 177 cm³/mol. The minimum atomic E-state index is -0.280. The van der Waals surface area contributed by atoms with Gasteiger partial charge in [0.15, 0.2) is 0 Å². The van der Waals surface area contributed by atoms with E-state index < -0.39 is 0 Å². The lowest BCUT2D eigenvalue weighted by Crippen LogP contribution is -2.38. The largest absolute Gasteiger partial charge is 0.494 e. The number of hydrogen-bond acceptors (Lipinski definition) is 3. The first-order chi connectivity index (χ1) is 20.0. The third kappa shape index (κ3) is 10.2. The van der Waals surface area contributed by atoms with Crippen LogP contribution in [0.4, 0.5) is 0 Å². The van der Waals surface area contributed by atoms with Crippen molar-refractivity contribution in [3.05, 3.63) is 65.2 Å². The number of nitrogens with one attached hydrogen (secondary N) is 1. The van der Waals surface area contributed by atoms with Crippen molar-refractivity contribution < 1.29 is 9.53 Å². The van der Waals surface area contributed by atoms with Gasteiger partial charge >= 0.3 is 0 Å². The molecule has 1 amide bonds. The van der Waals surface area contributed by atoms with E-state index in [1.54, 1.807) is 0 Å². The molecule has 5 nitrogen and oxygen atoms in total. The van der Waals surface area contributed by atoms with Crippen molar-refractivity contribution in [2.24, 2.45) is 17.3 Å². The maximum Gasteiger partial charge on any atom is 0.223 e. The van der Waals surface area contributed by atoms with E-state index in [-0.39, 0.29) is 28.7 Å². The molecule has 1 N–H and O–H groups in total. The van der Waals surface area contributed by atoms with Gasteiger partial charge in [-0.3, -0.25) is 4.79 Å². The normalized spacial score (nSPS) is 19.6. The number of unbranched alkanes of at least 4 members (excludes halogenated alkanes) is 1. The highest BCUT2D eigenvalue weighted by atomic mass is 35.5. The Kier molecular flexibility index (Phi) is 13.5. The number of benzene rings is 1. The van der Waals surface area contributed by atoms with Crippen LogP contribution in [-0.2, 0) is 17.8 Å². The molecule has 0 bridgehead atoms. The van der Waals surface area contributed by atoms with Crippen molar-refractivity contribution >= 4 is 34.7 Å². The summed E-state index contributed by atoms with van der Waals surface area (Å²) in [5.74, 6) is 2.53. The number of carbonyl (C=O) groups excluding carboxylic acids is 1. The Balaban J connectivity index is 1.89. The number of aromatic nitrogens is 2. The summed E-state index contributed by atoms with van der Waals surface area (Å²) in [5, 5.41) is 3.31. The highest BCUT2D eigenvalue weighted by Gasteiger charge is 2.33. The Labute approximate surface area is 264 Å². The van der Waals surface area contributed by atoms with Gasteiger partial charge in [-0.15, -0.1) is 11.6 Å². The van der Waals surface area contributed by atoms with Crippen molar-refractivity contribution in [2.75, 3.05) is 6.61 Å². The third-order valence-corrected chi connectivity index (χ3v) is 8.69. The van der Waals surface area contributed by atoms with Gasteiger partial charge in [0.2, 0.25) is 5.91 Å². The molecule has 1 fully saturated rings. The second kappa shape index (κ2) is 16.6. The number of halogens is 2. The van der Waals surface area contributed by atoms with Crippen molar-refractivity contribution in [1.82, 2.24) is 14.9 Å². The van der Waals surface area contributed by atoms with Crippen molar-refractivity contribution in [1.29, 1.82) is 0 Å². The minimum Gasteiger partial charge on any atom is -0.494 e. The number of hydrogen-bond donors (Lipinski definition) is 1. The molecule has 232 valence electrons. The summed E-state index contributed by atoms with van der Waals surface area (Å²) in [6.07, 6.45) is 13.6. The number of rotatable bonds is 14. The molecule has 1 saturated carbocycles. The van der Waals surface area contributed by atoms with Gasteiger partial charge in [0, 0.05) is 35.1 Å². The van der Waals surface area contributed by atoms with Crippen LogP contribution in [-0.4, -0.2) is 27.4 Å². The van der Waals surface area contributed by atoms with Crippen LogP contribution in [0.25, 0.3) is 5.57 Å². The van der Waals surface area contributed by atoms with Gasteiger partial charge in [0.1, 0.15) is 11.6 Å². The van der Waals surface area contributed by atoms with Crippen molar-refractivity contribution in [3.63, 3.8) is 0 Å². The second-order valence-corrected chi connectivity index (χ2v) is 13.7. The van der Waals surface area contributed by atoms with Crippen LogP contribution in [0, 0.1) is 17.3 Å². The number of aryl methyl sites for hydroxylation is 1. The quantitative estimate of drug-likeness (QED) is 0.131. The lowest BCUT2D eigenvalue weighted by atomic mass is 9.69. The molecule has 0 saturated heterocycles. The van der Waals surface area contributed by atoms with E-state index in [2.05, 4.69) is 56.6 Å². The summed E-state index contributed by atoms with van der Waals surface area (Å²) in [6, 6.07) is 7.95. The summed E-state index contributed by atoms with van der Waals surface area (Å²) in [4.78, 5) is 18.8. The molecule has 1 aromatic heterocycles. The zero-order chi connectivity index (χ0) is 30.7. The fourth-order valence-electron chi connectivity index (χ4n) is 5.69. The Morgan fingerprint density at radius 3 is 2.40 bits per heavy atom. The molecule has 0 aliphatic heterocycles. The van der Waals surface area contributed by atoms with Crippen LogP contribution in [0.5, 0.6) is 5.75 Å². The van der Waals surface area contributed by atoms with Gasteiger partial charge in [-0.1, -0.05) is 76.9 Å². The fourth-order valence-corrected chi connectivity index (χ4v) is 5.95. The van der Waals surface area contributed by atoms with Gasteiger partial charge in [-0.05, 0) is 80.9 Å². The molecular weight excluding hydrogens is 565 g/mol. The molecule has 0 radical (unpaired) electrons. The first-order valence-corrected chi connectivity index (χ1v) is 16.6. The van der Waals surface area contributed by atoms with Crippen molar-refractivity contribution in [3.8, 4) is 5.75 Å². The van der Waals surface area contributed by atoms with E-state index in [0.29, 0.717) is 12.3 Å². The topological polar surface area (TPSA) is 56.1 Å². The molecule has 7 heteroatoms. The number of alkyl halides is 1. The first kappa shape index (κ1) is 34.3. The molecular formula is C35H51Cl2N3O2. The van der Waals surface area contributed by atoms with Crippen LogP contribution in [0.15, 0.2) is 48.1 Å². The summed E-state index contributed by atoms with van der Waals surface area (Å²) in [7, 11) is 0. The average molecular weight is 617 g/mol. The molecule has 1 aliphatic carbocycles. The molecule has 1 aliphatic rings. The number of ether oxygens (including phenoxy) is 1. The molecule has 3 rings (SSSR count). The molecule has 2 unspecified atom stereocenters. The summed E-state index contributed by atoms with van der Waals surface area (Å²) < 4.78 is 8.04. The predicted octanol–water partition coefficient (Wildman–Crippen LogP) is 9.49. The number of amides is 1. The smallest absolute Gasteiger partial charge is 0.223 e. The average Bonchev–Trinajstić information content (AvgIpc) is 3.37. The molecule has 2 atom stereocenters. The lowest BCUT2D eigenvalue weighted by molar-refractivity contribution is -0.127. The van der Waals surface area contributed by atoms with Gasteiger partial charge in [0.05, 0.1) is 18.3 Å². The van der Waals surface area contributed by atoms with Crippen LogP contribution in [0.2, 0.25) is 0 Å². The number of allylic oxidation sites excluding steroid dienone is 3. The first-order valence-electron chi connectivity index (χ1n) is 15.8.